The van der Waals surface area contributed by atoms with Crippen LogP contribution < -0.4 is 5.73 Å². The molecule has 0 bridgehead atoms. The first-order valence-corrected chi connectivity index (χ1v) is 11.9. The van der Waals surface area contributed by atoms with E-state index in [1.54, 1.807) is 0 Å². The number of para-hydroxylation sites is 2. The molecular weight excluding hydrogens is 420 g/mol. The molecule has 0 aliphatic rings. The van der Waals surface area contributed by atoms with Crippen molar-refractivity contribution in [3.05, 3.63) is 109 Å². The number of thiophene rings is 1. The van der Waals surface area contributed by atoms with Gasteiger partial charge in [-0.3, -0.25) is 0 Å². The summed E-state index contributed by atoms with van der Waals surface area (Å²) >= 11 is 1.85. The van der Waals surface area contributed by atoms with Crippen molar-refractivity contribution in [2.45, 2.75) is 0 Å². The van der Waals surface area contributed by atoms with Gasteiger partial charge in [0.1, 0.15) is 0 Å². The molecule has 0 spiro atoms. The van der Waals surface area contributed by atoms with Crippen LogP contribution in [0.15, 0.2) is 109 Å². The van der Waals surface area contributed by atoms with E-state index in [9.17, 15) is 0 Å². The minimum absolute atomic E-state index is 0.771. The van der Waals surface area contributed by atoms with Crippen LogP contribution in [0.1, 0.15) is 0 Å². The molecule has 7 aromatic rings. The molecule has 2 aromatic heterocycles. The smallest absolute Gasteiger partial charge is 0.0542 e. The molecule has 156 valence electrons. The molecule has 0 aliphatic heterocycles. The van der Waals surface area contributed by atoms with Crippen molar-refractivity contribution in [1.29, 1.82) is 0 Å². The van der Waals surface area contributed by atoms with Gasteiger partial charge in [0, 0.05) is 47.8 Å². The second-order valence-corrected chi connectivity index (χ2v) is 9.48. The van der Waals surface area contributed by atoms with Crippen molar-refractivity contribution in [2.24, 2.45) is 0 Å². The fourth-order valence-corrected chi connectivity index (χ4v) is 6.34. The molecule has 2 heterocycles. The second-order valence-electron chi connectivity index (χ2n) is 8.43. The molecule has 0 saturated carbocycles. The van der Waals surface area contributed by atoms with Crippen LogP contribution in [0.25, 0.3) is 58.8 Å². The molecule has 0 radical (unpaired) electrons. The summed E-state index contributed by atoms with van der Waals surface area (Å²) in [6, 6.07) is 38.8. The fourth-order valence-electron chi connectivity index (χ4n) is 5.11. The third-order valence-electron chi connectivity index (χ3n) is 6.54. The average Bonchev–Trinajstić information content (AvgIpc) is 3.40. The lowest BCUT2D eigenvalue weighted by atomic mass is 10.00. The molecule has 5 aromatic carbocycles. The maximum absolute atomic E-state index is 6.36. The molecule has 2 N–H and O–H groups in total. The van der Waals surface area contributed by atoms with Gasteiger partial charge in [-0.05, 0) is 36.4 Å². The van der Waals surface area contributed by atoms with Crippen LogP contribution >= 0.6 is 11.3 Å². The Kier molecular flexibility index (Phi) is 3.90. The van der Waals surface area contributed by atoms with E-state index >= 15 is 0 Å². The van der Waals surface area contributed by atoms with Gasteiger partial charge >= 0.3 is 0 Å². The van der Waals surface area contributed by atoms with E-state index in [1.807, 2.05) is 17.4 Å². The van der Waals surface area contributed by atoms with Crippen molar-refractivity contribution in [1.82, 2.24) is 4.57 Å². The monoisotopic (exact) mass is 440 g/mol. The van der Waals surface area contributed by atoms with Crippen LogP contribution in [0.5, 0.6) is 0 Å². The Morgan fingerprint density at radius 2 is 1.18 bits per heavy atom. The van der Waals surface area contributed by atoms with Gasteiger partial charge in [-0.1, -0.05) is 72.8 Å². The topological polar surface area (TPSA) is 30.9 Å². The van der Waals surface area contributed by atoms with Crippen LogP contribution in [-0.2, 0) is 0 Å². The first-order valence-electron chi connectivity index (χ1n) is 11.1. The van der Waals surface area contributed by atoms with Crippen LogP contribution in [0.3, 0.4) is 0 Å². The van der Waals surface area contributed by atoms with Crippen LogP contribution in [0, 0.1) is 0 Å². The Morgan fingerprint density at radius 1 is 0.545 bits per heavy atom. The fraction of sp³-hybridized carbons (Fsp3) is 0. The van der Waals surface area contributed by atoms with Crippen LogP contribution in [0.2, 0.25) is 0 Å². The third kappa shape index (κ3) is 2.66. The number of benzene rings is 5. The minimum Gasteiger partial charge on any atom is -0.399 e. The highest BCUT2D eigenvalue weighted by atomic mass is 32.1. The van der Waals surface area contributed by atoms with E-state index in [1.165, 1.54) is 47.5 Å². The van der Waals surface area contributed by atoms with E-state index < -0.39 is 0 Å². The molecule has 0 atom stereocenters. The molecule has 0 unspecified atom stereocenters. The number of hydrogen-bond donors (Lipinski definition) is 1. The van der Waals surface area contributed by atoms with E-state index in [2.05, 4.69) is 108 Å². The van der Waals surface area contributed by atoms with E-state index in [0.29, 0.717) is 0 Å². The molecule has 7 rings (SSSR count). The quantitative estimate of drug-likeness (QED) is 0.269. The lowest BCUT2D eigenvalue weighted by Gasteiger charge is -2.15. The standard InChI is InChI=1S/C30H20N2S/c31-19-16-17-28(32-26-13-4-1-8-20(26)21-9-2-5-14-27(21)32)25(18-19)24-12-7-11-23-22-10-3-6-15-29(22)33-30(23)24/h1-18H,31H2. The summed E-state index contributed by atoms with van der Waals surface area (Å²) < 4.78 is 4.99. The van der Waals surface area contributed by atoms with Gasteiger partial charge in [0.2, 0.25) is 0 Å². The first-order chi connectivity index (χ1) is 16.3. The third-order valence-corrected chi connectivity index (χ3v) is 7.76. The predicted molar refractivity (Wildman–Crippen MR) is 144 cm³/mol. The first kappa shape index (κ1) is 18.5. The van der Waals surface area contributed by atoms with Gasteiger partial charge in [0.15, 0.2) is 0 Å². The van der Waals surface area contributed by atoms with Crippen molar-refractivity contribution in [2.75, 3.05) is 5.73 Å². The normalized spacial score (nSPS) is 11.8. The van der Waals surface area contributed by atoms with Crippen molar-refractivity contribution < 1.29 is 0 Å². The number of hydrogen-bond acceptors (Lipinski definition) is 2. The van der Waals surface area contributed by atoms with Crippen molar-refractivity contribution in [3.8, 4) is 16.8 Å². The molecule has 0 saturated heterocycles. The van der Waals surface area contributed by atoms with E-state index in [0.717, 1.165) is 16.9 Å². The number of fused-ring (bicyclic) bond motifs is 6. The highest BCUT2D eigenvalue weighted by Gasteiger charge is 2.18. The zero-order valence-corrected chi connectivity index (χ0v) is 18.6. The Bertz CT molecular complexity index is 1780. The Labute approximate surface area is 195 Å². The summed E-state index contributed by atoms with van der Waals surface area (Å²) in [4.78, 5) is 0. The van der Waals surface area contributed by atoms with Gasteiger partial charge in [-0.15, -0.1) is 11.3 Å². The number of nitrogens with zero attached hydrogens (tertiary/aromatic N) is 1. The zero-order valence-electron chi connectivity index (χ0n) is 17.8. The van der Waals surface area contributed by atoms with Crippen LogP contribution in [-0.4, -0.2) is 4.57 Å². The molecule has 2 nitrogen and oxygen atoms in total. The average molecular weight is 441 g/mol. The largest absolute Gasteiger partial charge is 0.399 e. The lowest BCUT2D eigenvalue weighted by Crippen LogP contribution is -1.98. The van der Waals surface area contributed by atoms with Gasteiger partial charge < -0.3 is 10.3 Å². The SMILES string of the molecule is Nc1ccc(-n2c3ccccc3c3ccccc32)c(-c2cccc3c2sc2ccccc23)c1. The van der Waals surface area contributed by atoms with Gasteiger partial charge in [-0.25, -0.2) is 0 Å². The molecule has 3 heteroatoms. The highest BCUT2D eigenvalue weighted by molar-refractivity contribution is 7.26. The molecular formula is C30H20N2S. The Hall–Kier alpha value is -4.08. The number of anilines is 1. The summed E-state index contributed by atoms with van der Waals surface area (Å²) in [5.74, 6) is 0. The summed E-state index contributed by atoms with van der Waals surface area (Å²) in [5.41, 5.74) is 13.0. The molecule has 0 amide bonds. The Balaban J connectivity index is 1.62. The minimum atomic E-state index is 0.771. The lowest BCUT2D eigenvalue weighted by molar-refractivity contribution is 1.18. The summed E-state index contributed by atoms with van der Waals surface area (Å²) in [7, 11) is 0. The Morgan fingerprint density at radius 3 is 1.94 bits per heavy atom. The molecule has 0 aliphatic carbocycles. The highest BCUT2D eigenvalue weighted by Crippen LogP contribution is 2.43. The number of nitrogen functional groups attached to an aromatic ring is 1. The number of rotatable bonds is 2. The second kappa shape index (κ2) is 6.96. The maximum Gasteiger partial charge on any atom is 0.0542 e. The summed E-state index contributed by atoms with van der Waals surface area (Å²) in [6.45, 7) is 0. The van der Waals surface area contributed by atoms with Gasteiger partial charge in [0.25, 0.3) is 0 Å². The summed E-state index contributed by atoms with van der Waals surface area (Å²) in [6.07, 6.45) is 0. The van der Waals surface area contributed by atoms with Crippen LogP contribution in [0.4, 0.5) is 5.69 Å². The van der Waals surface area contributed by atoms with Gasteiger partial charge in [0.05, 0.1) is 16.7 Å². The van der Waals surface area contributed by atoms with Crippen molar-refractivity contribution >= 4 is 59.0 Å². The van der Waals surface area contributed by atoms with Crippen molar-refractivity contribution in [3.63, 3.8) is 0 Å². The molecule has 33 heavy (non-hydrogen) atoms. The molecule has 0 fully saturated rings. The predicted octanol–water partition coefficient (Wildman–Crippen LogP) is 8.40. The van der Waals surface area contributed by atoms with E-state index in [-0.39, 0.29) is 0 Å². The summed E-state index contributed by atoms with van der Waals surface area (Å²) in [5, 5.41) is 5.12. The van der Waals surface area contributed by atoms with Gasteiger partial charge in [-0.2, -0.15) is 0 Å². The zero-order chi connectivity index (χ0) is 21.9. The van der Waals surface area contributed by atoms with E-state index in [4.69, 9.17) is 5.73 Å². The number of aromatic nitrogens is 1. The maximum atomic E-state index is 6.36. The number of nitrogens with two attached hydrogens (primary N) is 1.